The monoisotopic (exact) mass is 252 g/mol. The van der Waals surface area contributed by atoms with Gasteiger partial charge in [0.25, 0.3) is 0 Å². The number of nitrogens with zero attached hydrogens (tertiary/aromatic N) is 1. The second-order valence-corrected chi connectivity index (χ2v) is 5.94. The number of carbonyl (C=O) groups is 1. The fourth-order valence-corrected chi connectivity index (χ4v) is 3.68. The maximum Gasteiger partial charge on any atom is 0.222 e. The van der Waals surface area contributed by atoms with Crippen LogP contribution in [0.25, 0.3) is 0 Å². The molecule has 0 radical (unpaired) electrons. The van der Waals surface area contributed by atoms with Crippen LogP contribution in [-0.4, -0.2) is 29.9 Å². The molecule has 2 rings (SSSR count). The summed E-state index contributed by atoms with van der Waals surface area (Å²) in [5.74, 6) is 1.24. The van der Waals surface area contributed by atoms with Gasteiger partial charge in [-0.1, -0.05) is 19.3 Å². The Bertz CT molecular complexity index is 267. The molecule has 2 aliphatic rings. The van der Waals surface area contributed by atoms with Gasteiger partial charge in [0.05, 0.1) is 0 Å². The molecule has 0 bridgehead atoms. The van der Waals surface area contributed by atoms with Gasteiger partial charge in [-0.3, -0.25) is 4.79 Å². The predicted molar refractivity (Wildman–Crippen MR) is 74.2 cm³/mol. The second kappa shape index (κ2) is 7.13. The Kier molecular flexibility index (Phi) is 5.48. The highest BCUT2D eigenvalue weighted by Gasteiger charge is 2.36. The molecule has 1 saturated carbocycles. The van der Waals surface area contributed by atoms with Crippen LogP contribution in [0.15, 0.2) is 0 Å². The zero-order valence-corrected chi connectivity index (χ0v) is 11.6. The number of hydrogen-bond donors (Lipinski definition) is 1. The van der Waals surface area contributed by atoms with Gasteiger partial charge >= 0.3 is 0 Å². The molecule has 0 aromatic carbocycles. The van der Waals surface area contributed by atoms with Gasteiger partial charge in [0.2, 0.25) is 5.91 Å². The summed E-state index contributed by atoms with van der Waals surface area (Å²) in [4.78, 5) is 14.5. The molecular weight excluding hydrogens is 224 g/mol. The number of unbranched alkanes of at least 4 members (excludes halogenated alkanes) is 3. The molecule has 104 valence electrons. The minimum Gasteiger partial charge on any atom is -0.339 e. The Balaban J connectivity index is 1.71. The van der Waals surface area contributed by atoms with Crippen LogP contribution < -0.4 is 5.73 Å². The molecule has 1 aliphatic carbocycles. The van der Waals surface area contributed by atoms with E-state index < -0.39 is 0 Å². The highest BCUT2D eigenvalue weighted by atomic mass is 16.2. The number of amides is 1. The highest BCUT2D eigenvalue weighted by Crippen LogP contribution is 2.37. The Morgan fingerprint density at radius 2 is 1.83 bits per heavy atom. The van der Waals surface area contributed by atoms with Crippen molar-refractivity contribution < 1.29 is 4.79 Å². The number of nitrogens with two attached hydrogens (primary N) is 1. The zero-order valence-electron chi connectivity index (χ0n) is 11.6. The van der Waals surface area contributed by atoms with Crippen molar-refractivity contribution in [2.24, 2.45) is 11.7 Å². The smallest absolute Gasteiger partial charge is 0.222 e. The van der Waals surface area contributed by atoms with E-state index in [-0.39, 0.29) is 0 Å². The molecule has 1 aliphatic heterocycles. The van der Waals surface area contributed by atoms with E-state index in [4.69, 9.17) is 5.73 Å². The van der Waals surface area contributed by atoms with Crippen LogP contribution in [0.3, 0.4) is 0 Å². The SMILES string of the molecule is NCCCCCCC(=O)N1CCCC2CCCC21. The average molecular weight is 252 g/mol. The normalized spacial score (nSPS) is 27.3. The predicted octanol–water partition coefficient (Wildman–Crippen LogP) is 2.69. The van der Waals surface area contributed by atoms with E-state index in [1.165, 1.54) is 38.5 Å². The standard InChI is InChI=1S/C15H28N2O/c16-11-4-2-1-3-10-15(18)17-12-6-8-13-7-5-9-14(13)17/h13-14H,1-12,16H2. The van der Waals surface area contributed by atoms with Crippen molar-refractivity contribution in [3.05, 3.63) is 0 Å². The van der Waals surface area contributed by atoms with Gasteiger partial charge in [-0.15, -0.1) is 0 Å². The fourth-order valence-electron chi connectivity index (χ4n) is 3.68. The summed E-state index contributed by atoms with van der Waals surface area (Å²) < 4.78 is 0. The molecule has 2 N–H and O–H groups in total. The van der Waals surface area contributed by atoms with E-state index in [1.54, 1.807) is 0 Å². The Morgan fingerprint density at radius 1 is 1.06 bits per heavy atom. The number of carbonyl (C=O) groups excluding carboxylic acids is 1. The van der Waals surface area contributed by atoms with Gasteiger partial charge in [0, 0.05) is 19.0 Å². The molecule has 0 aromatic rings. The Morgan fingerprint density at radius 3 is 2.67 bits per heavy atom. The minimum atomic E-state index is 0.416. The van der Waals surface area contributed by atoms with Gasteiger partial charge in [-0.2, -0.15) is 0 Å². The van der Waals surface area contributed by atoms with Crippen LogP contribution in [0.2, 0.25) is 0 Å². The summed E-state index contributed by atoms with van der Waals surface area (Å²) >= 11 is 0. The van der Waals surface area contributed by atoms with Crippen LogP contribution in [0, 0.1) is 5.92 Å². The van der Waals surface area contributed by atoms with Crippen LogP contribution in [0.4, 0.5) is 0 Å². The molecule has 1 saturated heterocycles. The summed E-state index contributed by atoms with van der Waals surface area (Å²) in [5, 5.41) is 0. The molecule has 1 amide bonds. The van der Waals surface area contributed by atoms with E-state index in [1.807, 2.05) is 0 Å². The van der Waals surface area contributed by atoms with E-state index in [0.29, 0.717) is 11.9 Å². The number of piperidine rings is 1. The number of rotatable bonds is 6. The van der Waals surface area contributed by atoms with Gasteiger partial charge in [-0.25, -0.2) is 0 Å². The highest BCUT2D eigenvalue weighted by molar-refractivity contribution is 5.76. The van der Waals surface area contributed by atoms with Crippen LogP contribution >= 0.6 is 0 Å². The largest absolute Gasteiger partial charge is 0.339 e. The molecule has 2 fully saturated rings. The topological polar surface area (TPSA) is 46.3 Å². The lowest BCUT2D eigenvalue weighted by Crippen LogP contribution is -2.46. The van der Waals surface area contributed by atoms with Gasteiger partial charge in [-0.05, 0) is 51.0 Å². The average Bonchev–Trinajstić information content (AvgIpc) is 2.86. The third-order valence-electron chi connectivity index (χ3n) is 4.66. The summed E-state index contributed by atoms with van der Waals surface area (Å²) in [6.45, 7) is 1.80. The molecule has 1 heterocycles. The number of likely N-dealkylation sites (tertiary alicyclic amines) is 1. The summed E-state index contributed by atoms with van der Waals surface area (Å²) in [5.41, 5.74) is 5.47. The van der Waals surface area contributed by atoms with Gasteiger partial charge in [0.15, 0.2) is 0 Å². The first kappa shape index (κ1) is 13.9. The lowest BCUT2D eigenvalue weighted by Gasteiger charge is -2.38. The van der Waals surface area contributed by atoms with Crippen molar-refractivity contribution in [1.29, 1.82) is 0 Å². The Hall–Kier alpha value is -0.570. The second-order valence-electron chi connectivity index (χ2n) is 5.94. The van der Waals surface area contributed by atoms with E-state index in [9.17, 15) is 4.79 Å². The van der Waals surface area contributed by atoms with Crippen LogP contribution in [0.1, 0.15) is 64.2 Å². The molecule has 0 spiro atoms. The van der Waals surface area contributed by atoms with Gasteiger partial charge < -0.3 is 10.6 Å². The maximum absolute atomic E-state index is 12.3. The van der Waals surface area contributed by atoms with E-state index in [2.05, 4.69) is 4.90 Å². The first-order chi connectivity index (χ1) is 8.83. The quantitative estimate of drug-likeness (QED) is 0.739. The van der Waals surface area contributed by atoms with E-state index in [0.717, 1.165) is 44.7 Å². The molecule has 18 heavy (non-hydrogen) atoms. The van der Waals surface area contributed by atoms with Gasteiger partial charge in [0.1, 0.15) is 0 Å². The van der Waals surface area contributed by atoms with Crippen molar-refractivity contribution >= 4 is 5.91 Å². The molecule has 0 aromatic heterocycles. The summed E-state index contributed by atoms with van der Waals surface area (Å²) in [6, 6.07) is 0.593. The molecular formula is C15H28N2O. The third-order valence-corrected chi connectivity index (χ3v) is 4.66. The first-order valence-electron chi connectivity index (χ1n) is 7.82. The molecule has 3 nitrogen and oxygen atoms in total. The lowest BCUT2D eigenvalue weighted by molar-refractivity contribution is -0.136. The summed E-state index contributed by atoms with van der Waals surface area (Å²) in [7, 11) is 0. The molecule has 2 unspecified atom stereocenters. The molecule has 2 atom stereocenters. The van der Waals surface area contributed by atoms with Crippen molar-refractivity contribution in [1.82, 2.24) is 4.90 Å². The lowest BCUT2D eigenvalue weighted by atomic mass is 9.91. The van der Waals surface area contributed by atoms with Crippen molar-refractivity contribution in [3.63, 3.8) is 0 Å². The van der Waals surface area contributed by atoms with Crippen molar-refractivity contribution in [2.75, 3.05) is 13.1 Å². The maximum atomic E-state index is 12.3. The van der Waals surface area contributed by atoms with Crippen molar-refractivity contribution in [2.45, 2.75) is 70.3 Å². The fraction of sp³-hybridized carbons (Fsp3) is 0.933. The van der Waals surface area contributed by atoms with Crippen LogP contribution in [0.5, 0.6) is 0 Å². The van der Waals surface area contributed by atoms with E-state index >= 15 is 0 Å². The molecule has 3 heteroatoms. The summed E-state index contributed by atoms with van der Waals surface area (Å²) in [6.07, 6.45) is 11.7. The Labute approximate surface area is 111 Å². The third kappa shape index (κ3) is 3.47. The van der Waals surface area contributed by atoms with Crippen molar-refractivity contribution in [3.8, 4) is 0 Å². The minimum absolute atomic E-state index is 0.416. The number of fused-ring (bicyclic) bond motifs is 1. The first-order valence-corrected chi connectivity index (χ1v) is 7.82. The van der Waals surface area contributed by atoms with Crippen LogP contribution in [-0.2, 0) is 4.79 Å². The zero-order chi connectivity index (χ0) is 12.8. The number of hydrogen-bond acceptors (Lipinski definition) is 2.